The van der Waals surface area contributed by atoms with E-state index in [2.05, 4.69) is 10.4 Å². The van der Waals surface area contributed by atoms with Crippen molar-refractivity contribution in [1.29, 1.82) is 0 Å². The van der Waals surface area contributed by atoms with Gasteiger partial charge in [-0.25, -0.2) is 4.68 Å². The fraction of sp³-hybridized carbons (Fsp3) is 0.308. The molecule has 4 nitrogen and oxygen atoms in total. The summed E-state index contributed by atoms with van der Waals surface area (Å²) in [4.78, 5) is 0.402. The Bertz CT molecular complexity index is 738. The third-order valence-corrected chi connectivity index (χ3v) is 4.44. The Balaban J connectivity index is 2.66. The van der Waals surface area contributed by atoms with Gasteiger partial charge in [0.2, 0.25) is 0 Å². The second kappa shape index (κ2) is 6.70. The van der Waals surface area contributed by atoms with Crippen LogP contribution < -0.4 is 5.32 Å². The topological polar surface area (TPSA) is 46.9 Å². The second-order valence-corrected chi connectivity index (χ2v) is 6.70. The van der Waals surface area contributed by atoms with Gasteiger partial charge in [0.15, 0.2) is 0 Å². The van der Waals surface area contributed by atoms with Gasteiger partial charge in [-0.2, -0.15) is 18.3 Å². The summed E-state index contributed by atoms with van der Waals surface area (Å²) in [7, 11) is -1.34. The van der Waals surface area contributed by atoms with E-state index < -0.39 is 22.5 Å². The highest BCUT2D eigenvalue weighted by Gasteiger charge is 2.32. The van der Waals surface area contributed by atoms with E-state index >= 15 is 0 Å². The highest BCUT2D eigenvalue weighted by Crippen LogP contribution is 2.38. The van der Waals surface area contributed by atoms with E-state index in [1.165, 1.54) is 17.1 Å². The molecule has 23 heavy (non-hydrogen) atoms. The predicted molar refractivity (Wildman–Crippen MR) is 85.1 cm³/mol. The lowest BCUT2D eigenvalue weighted by Crippen LogP contribution is -2.10. The Hall–Kier alpha value is -1.25. The van der Waals surface area contributed by atoms with Crippen LogP contribution in [0.25, 0.3) is 5.69 Å². The molecule has 1 atom stereocenters. The first kappa shape index (κ1) is 18.1. The van der Waals surface area contributed by atoms with Crippen molar-refractivity contribution in [2.24, 2.45) is 0 Å². The molecular weight excluding hydrogens is 374 g/mol. The summed E-state index contributed by atoms with van der Waals surface area (Å²) in [5.41, 5.74) is -0.860. The zero-order valence-corrected chi connectivity index (χ0v) is 14.4. The van der Waals surface area contributed by atoms with Gasteiger partial charge in [0, 0.05) is 12.8 Å². The van der Waals surface area contributed by atoms with Crippen LogP contribution in [-0.2, 0) is 17.0 Å². The van der Waals surface area contributed by atoms with Crippen LogP contribution in [0.3, 0.4) is 0 Å². The number of hydrogen-bond acceptors (Lipinski definition) is 3. The van der Waals surface area contributed by atoms with Gasteiger partial charge in [-0.1, -0.05) is 23.2 Å². The van der Waals surface area contributed by atoms with Crippen LogP contribution in [0.15, 0.2) is 23.2 Å². The Morgan fingerprint density at radius 1 is 1.30 bits per heavy atom. The number of rotatable bonds is 4. The van der Waals surface area contributed by atoms with Gasteiger partial charge in [-0.15, -0.1) is 0 Å². The molecule has 0 fully saturated rings. The van der Waals surface area contributed by atoms with Crippen molar-refractivity contribution >= 4 is 39.8 Å². The van der Waals surface area contributed by atoms with Crippen LogP contribution in [0.5, 0.6) is 0 Å². The maximum absolute atomic E-state index is 12.8. The van der Waals surface area contributed by atoms with Gasteiger partial charge < -0.3 is 5.32 Å². The van der Waals surface area contributed by atoms with Crippen molar-refractivity contribution in [3.05, 3.63) is 33.9 Å². The summed E-state index contributed by atoms with van der Waals surface area (Å²) in [5.74, 6) is 0.372. The van der Waals surface area contributed by atoms with Crippen molar-refractivity contribution in [2.75, 3.05) is 18.1 Å². The summed E-state index contributed by atoms with van der Waals surface area (Å²) in [5, 5.41) is 6.61. The molecular formula is C13H12Cl2F3N3OS. The molecule has 0 aliphatic carbocycles. The average molecular weight is 386 g/mol. The van der Waals surface area contributed by atoms with Gasteiger partial charge in [-0.05, 0) is 19.1 Å². The lowest BCUT2D eigenvalue weighted by Gasteiger charge is -2.15. The smallest absolute Gasteiger partial charge is 0.369 e. The average Bonchev–Trinajstić information content (AvgIpc) is 2.81. The van der Waals surface area contributed by atoms with Gasteiger partial charge in [0.1, 0.15) is 16.4 Å². The minimum Gasteiger partial charge on any atom is -0.369 e. The van der Waals surface area contributed by atoms with Gasteiger partial charge >= 0.3 is 6.18 Å². The third kappa shape index (κ3) is 3.64. The van der Waals surface area contributed by atoms with Crippen molar-refractivity contribution in [3.8, 4) is 5.69 Å². The third-order valence-electron chi connectivity index (χ3n) is 2.95. The fourth-order valence-corrected chi connectivity index (χ4v) is 3.25. The van der Waals surface area contributed by atoms with Crippen molar-refractivity contribution in [1.82, 2.24) is 9.78 Å². The standard InChI is InChI=1S/C13H12Cl2F3N3OS/c1-3-19-12-10(23(2)22)6-20-21(12)11-8(14)4-7(5-9(11)15)13(16,17)18/h4-6,19H,3H2,1-2H3. The number of nitrogens with zero attached hydrogens (tertiary/aromatic N) is 2. The number of nitrogens with one attached hydrogen (secondary N) is 1. The van der Waals surface area contributed by atoms with Crippen molar-refractivity contribution in [3.63, 3.8) is 0 Å². The molecule has 1 aromatic carbocycles. The molecule has 0 bridgehead atoms. The summed E-state index contributed by atoms with van der Waals surface area (Å²) in [6, 6.07) is 1.56. The number of benzene rings is 1. The van der Waals surface area contributed by atoms with Crippen LogP contribution in [0.4, 0.5) is 19.0 Å². The molecule has 0 saturated carbocycles. The Morgan fingerprint density at radius 2 is 1.87 bits per heavy atom. The Morgan fingerprint density at radius 3 is 2.30 bits per heavy atom. The fourth-order valence-electron chi connectivity index (χ4n) is 1.97. The van der Waals surface area contributed by atoms with Crippen LogP contribution in [0, 0.1) is 0 Å². The molecule has 1 heterocycles. The lowest BCUT2D eigenvalue weighted by atomic mass is 10.2. The van der Waals surface area contributed by atoms with Gasteiger partial charge in [0.05, 0.1) is 32.6 Å². The van der Waals surface area contributed by atoms with Crippen LogP contribution >= 0.6 is 23.2 Å². The minimum atomic E-state index is -4.56. The largest absolute Gasteiger partial charge is 0.416 e. The van der Waals surface area contributed by atoms with Crippen molar-refractivity contribution < 1.29 is 17.4 Å². The van der Waals surface area contributed by atoms with Gasteiger partial charge in [-0.3, -0.25) is 4.21 Å². The predicted octanol–water partition coefficient (Wildman–Crippen LogP) is 4.37. The molecule has 126 valence electrons. The molecule has 1 N–H and O–H groups in total. The summed E-state index contributed by atoms with van der Waals surface area (Å²) in [6.07, 6.45) is -1.73. The first-order valence-electron chi connectivity index (χ1n) is 6.38. The SMILES string of the molecule is CCNc1c(S(C)=O)cnn1-c1c(Cl)cc(C(F)(F)F)cc1Cl. The van der Waals surface area contributed by atoms with E-state index in [4.69, 9.17) is 23.2 Å². The highest BCUT2D eigenvalue weighted by atomic mass is 35.5. The molecule has 0 aliphatic heterocycles. The zero-order chi connectivity index (χ0) is 17.4. The number of halogens is 5. The molecule has 1 aromatic heterocycles. The van der Waals surface area contributed by atoms with Crippen LogP contribution in [-0.4, -0.2) is 26.8 Å². The minimum absolute atomic E-state index is 0.0917. The molecule has 1 unspecified atom stereocenters. The molecule has 0 spiro atoms. The van der Waals surface area contributed by atoms with E-state index in [1.807, 2.05) is 6.92 Å². The van der Waals surface area contributed by atoms with E-state index in [-0.39, 0.29) is 15.7 Å². The molecule has 2 rings (SSSR count). The quantitative estimate of drug-likeness (QED) is 0.849. The van der Waals surface area contributed by atoms with E-state index in [0.717, 1.165) is 12.1 Å². The molecule has 0 radical (unpaired) electrons. The molecule has 2 aromatic rings. The maximum Gasteiger partial charge on any atom is 0.416 e. The number of hydrogen-bond donors (Lipinski definition) is 1. The Kier molecular flexibility index (Phi) is 5.27. The molecule has 0 amide bonds. The number of anilines is 1. The van der Waals surface area contributed by atoms with E-state index in [1.54, 1.807) is 0 Å². The van der Waals surface area contributed by atoms with E-state index in [0.29, 0.717) is 17.3 Å². The lowest BCUT2D eigenvalue weighted by molar-refractivity contribution is -0.137. The summed E-state index contributed by atoms with van der Waals surface area (Å²) >= 11 is 12.0. The van der Waals surface area contributed by atoms with Crippen molar-refractivity contribution in [2.45, 2.75) is 18.0 Å². The second-order valence-electron chi connectivity index (χ2n) is 4.54. The first-order valence-corrected chi connectivity index (χ1v) is 8.70. The Labute approximate surface area is 143 Å². The van der Waals surface area contributed by atoms with Crippen LogP contribution in [0.1, 0.15) is 12.5 Å². The number of alkyl halides is 3. The normalized spacial score (nSPS) is 13.2. The maximum atomic E-state index is 12.8. The first-order chi connectivity index (χ1) is 10.7. The molecule has 10 heteroatoms. The van der Waals surface area contributed by atoms with Crippen LogP contribution in [0.2, 0.25) is 10.0 Å². The van der Waals surface area contributed by atoms with Gasteiger partial charge in [0.25, 0.3) is 0 Å². The molecule has 0 aliphatic rings. The molecule has 0 saturated heterocycles. The van der Waals surface area contributed by atoms with E-state index in [9.17, 15) is 17.4 Å². The highest BCUT2D eigenvalue weighted by molar-refractivity contribution is 7.84. The summed E-state index contributed by atoms with van der Waals surface area (Å²) < 4.78 is 51.4. The number of aromatic nitrogens is 2. The monoisotopic (exact) mass is 385 g/mol. The summed E-state index contributed by atoms with van der Waals surface area (Å²) in [6.45, 7) is 2.31. The zero-order valence-electron chi connectivity index (χ0n) is 12.0.